The monoisotopic (exact) mass is 151 g/mol. The topological polar surface area (TPSA) is 23.8 Å². The Morgan fingerprint density at radius 2 is 1.82 bits per heavy atom. The molecule has 1 heteroatoms. The zero-order chi connectivity index (χ0) is 8.27. The Hall–Kier alpha value is -0.510. The van der Waals surface area contributed by atoms with Gasteiger partial charge in [-0.3, -0.25) is 0 Å². The third kappa shape index (κ3) is 2.22. The quantitative estimate of drug-likeness (QED) is 0.565. The van der Waals surface area contributed by atoms with E-state index in [2.05, 4.69) is 19.9 Å². The molecule has 0 aromatic heterocycles. The number of nitriles is 1. The van der Waals surface area contributed by atoms with Crippen LogP contribution in [0.3, 0.4) is 0 Å². The van der Waals surface area contributed by atoms with Crippen molar-refractivity contribution in [3.8, 4) is 6.07 Å². The lowest BCUT2D eigenvalue weighted by atomic mass is 9.77. The summed E-state index contributed by atoms with van der Waals surface area (Å²) in [6.07, 6.45) is 5.21. The van der Waals surface area contributed by atoms with Gasteiger partial charge < -0.3 is 0 Å². The molecule has 0 aromatic rings. The number of hydrogen-bond acceptors (Lipinski definition) is 1. The molecule has 0 amide bonds. The SMILES string of the molecule is CC1CCC(C(C)C#N)CC1. The van der Waals surface area contributed by atoms with Gasteiger partial charge in [0.1, 0.15) is 0 Å². The first-order valence-corrected chi connectivity index (χ1v) is 4.63. The van der Waals surface area contributed by atoms with E-state index in [9.17, 15) is 0 Å². The molecule has 1 rings (SSSR count). The van der Waals surface area contributed by atoms with E-state index in [0.29, 0.717) is 5.92 Å². The van der Waals surface area contributed by atoms with Crippen LogP contribution >= 0.6 is 0 Å². The van der Waals surface area contributed by atoms with E-state index in [0.717, 1.165) is 5.92 Å². The number of rotatable bonds is 1. The zero-order valence-electron chi connectivity index (χ0n) is 7.51. The second-order valence-corrected chi connectivity index (χ2v) is 3.94. The molecule has 0 radical (unpaired) electrons. The number of nitrogens with zero attached hydrogens (tertiary/aromatic N) is 1. The van der Waals surface area contributed by atoms with E-state index in [1.165, 1.54) is 25.7 Å². The van der Waals surface area contributed by atoms with Crippen LogP contribution in [-0.2, 0) is 0 Å². The third-order valence-corrected chi connectivity index (χ3v) is 2.97. The van der Waals surface area contributed by atoms with E-state index in [4.69, 9.17) is 5.26 Å². The summed E-state index contributed by atoms with van der Waals surface area (Å²) in [5, 5.41) is 8.70. The predicted molar refractivity (Wildman–Crippen MR) is 45.9 cm³/mol. The molecular weight excluding hydrogens is 134 g/mol. The van der Waals surface area contributed by atoms with Gasteiger partial charge in [-0.1, -0.05) is 19.8 Å². The van der Waals surface area contributed by atoms with Gasteiger partial charge in [-0.25, -0.2) is 0 Å². The second-order valence-electron chi connectivity index (χ2n) is 3.94. The number of hydrogen-bond donors (Lipinski definition) is 0. The molecule has 11 heavy (non-hydrogen) atoms. The molecule has 0 aliphatic heterocycles. The third-order valence-electron chi connectivity index (χ3n) is 2.97. The summed E-state index contributed by atoms with van der Waals surface area (Å²) < 4.78 is 0. The van der Waals surface area contributed by atoms with Crippen molar-refractivity contribution >= 4 is 0 Å². The van der Waals surface area contributed by atoms with Crippen LogP contribution in [0.15, 0.2) is 0 Å². The molecule has 0 N–H and O–H groups in total. The van der Waals surface area contributed by atoms with E-state index >= 15 is 0 Å². The molecule has 1 atom stereocenters. The Bertz CT molecular complexity index is 149. The molecule has 0 spiro atoms. The van der Waals surface area contributed by atoms with Crippen molar-refractivity contribution in [3.63, 3.8) is 0 Å². The lowest BCUT2D eigenvalue weighted by Gasteiger charge is -2.27. The molecule has 1 unspecified atom stereocenters. The first-order chi connectivity index (χ1) is 5.24. The van der Waals surface area contributed by atoms with Crippen LogP contribution in [-0.4, -0.2) is 0 Å². The smallest absolute Gasteiger partial charge is 0.0655 e. The van der Waals surface area contributed by atoms with Crippen molar-refractivity contribution < 1.29 is 0 Å². The minimum atomic E-state index is 0.280. The van der Waals surface area contributed by atoms with Crippen LogP contribution in [0.1, 0.15) is 39.5 Å². The molecule has 0 aromatic carbocycles. The Morgan fingerprint density at radius 1 is 1.27 bits per heavy atom. The molecular formula is C10H17N. The fourth-order valence-corrected chi connectivity index (χ4v) is 1.89. The van der Waals surface area contributed by atoms with Crippen molar-refractivity contribution in [2.24, 2.45) is 17.8 Å². The van der Waals surface area contributed by atoms with E-state index in [1.54, 1.807) is 0 Å². The normalized spacial score (nSPS) is 34.3. The van der Waals surface area contributed by atoms with Crippen molar-refractivity contribution in [1.82, 2.24) is 0 Å². The lowest BCUT2D eigenvalue weighted by Crippen LogP contribution is -2.17. The van der Waals surface area contributed by atoms with Gasteiger partial charge in [0, 0.05) is 5.92 Å². The van der Waals surface area contributed by atoms with Gasteiger partial charge in [-0.2, -0.15) is 5.26 Å². The average molecular weight is 151 g/mol. The Balaban J connectivity index is 2.34. The van der Waals surface area contributed by atoms with Crippen molar-refractivity contribution in [1.29, 1.82) is 5.26 Å². The predicted octanol–water partition coefficient (Wildman–Crippen LogP) is 2.97. The molecule has 1 aliphatic rings. The largest absolute Gasteiger partial charge is 0.198 e. The summed E-state index contributed by atoms with van der Waals surface area (Å²) in [6, 6.07) is 2.35. The van der Waals surface area contributed by atoms with Gasteiger partial charge in [-0.15, -0.1) is 0 Å². The fourth-order valence-electron chi connectivity index (χ4n) is 1.89. The summed E-state index contributed by atoms with van der Waals surface area (Å²) in [6.45, 7) is 4.37. The van der Waals surface area contributed by atoms with Crippen molar-refractivity contribution in [3.05, 3.63) is 0 Å². The molecule has 0 bridgehead atoms. The van der Waals surface area contributed by atoms with Crippen LogP contribution in [0, 0.1) is 29.1 Å². The molecule has 1 aliphatic carbocycles. The average Bonchev–Trinajstić information content (AvgIpc) is 2.05. The minimum absolute atomic E-state index is 0.280. The molecule has 1 fully saturated rings. The zero-order valence-corrected chi connectivity index (χ0v) is 7.51. The summed E-state index contributed by atoms with van der Waals surface area (Å²) in [5.74, 6) is 1.87. The standard InChI is InChI=1S/C10H17N/c1-8-3-5-10(6-4-8)9(2)7-11/h8-10H,3-6H2,1-2H3. The van der Waals surface area contributed by atoms with Gasteiger partial charge in [0.25, 0.3) is 0 Å². The summed E-state index contributed by atoms with van der Waals surface area (Å²) in [7, 11) is 0. The molecule has 1 saturated carbocycles. The molecule has 0 heterocycles. The van der Waals surface area contributed by atoms with Gasteiger partial charge in [0.2, 0.25) is 0 Å². The first kappa shape index (κ1) is 8.59. The molecule has 0 saturated heterocycles. The van der Waals surface area contributed by atoms with Crippen LogP contribution in [0.4, 0.5) is 0 Å². The molecule has 62 valence electrons. The van der Waals surface area contributed by atoms with Crippen molar-refractivity contribution in [2.45, 2.75) is 39.5 Å². The van der Waals surface area contributed by atoms with E-state index in [-0.39, 0.29) is 5.92 Å². The summed E-state index contributed by atoms with van der Waals surface area (Å²) in [5.41, 5.74) is 0. The maximum atomic E-state index is 8.70. The van der Waals surface area contributed by atoms with Crippen LogP contribution in [0.2, 0.25) is 0 Å². The Morgan fingerprint density at radius 3 is 2.27 bits per heavy atom. The van der Waals surface area contributed by atoms with Gasteiger partial charge in [0.05, 0.1) is 6.07 Å². The van der Waals surface area contributed by atoms with Gasteiger partial charge >= 0.3 is 0 Å². The fraction of sp³-hybridized carbons (Fsp3) is 0.900. The van der Waals surface area contributed by atoms with E-state index in [1.807, 2.05) is 0 Å². The highest BCUT2D eigenvalue weighted by molar-refractivity contribution is 4.86. The van der Waals surface area contributed by atoms with Crippen LogP contribution in [0.5, 0.6) is 0 Å². The van der Waals surface area contributed by atoms with Gasteiger partial charge in [0.15, 0.2) is 0 Å². The van der Waals surface area contributed by atoms with Crippen LogP contribution < -0.4 is 0 Å². The minimum Gasteiger partial charge on any atom is -0.198 e. The lowest BCUT2D eigenvalue weighted by molar-refractivity contribution is 0.253. The Kier molecular flexibility index (Phi) is 2.93. The highest BCUT2D eigenvalue weighted by Crippen LogP contribution is 2.32. The van der Waals surface area contributed by atoms with E-state index < -0.39 is 0 Å². The highest BCUT2D eigenvalue weighted by atomic mass is 14.3. The van der Waals surface area contributed by atoms with Gasteiger partial charge in [-0.05, 0) is 31.6 Å². The molecule has 1 nitrogen and oxygen atoms in total. The second kappa shape index (κ2) is 3.76. The Labute approximate surface area is 69.4 Å². The van der Waals surface area contributed by atoms with Crippen LogP contribution in [0.25, 0.3) is 0 Å². The maximum Gasteiger partial charge on any atom is 0.0655 e. The summed E-state index contributed by atoms with van der Waals surface area (Å²) >= 11 is 0. The maximum absolute atomic E-state index is 8.70. The summed E-state index contributed by atoms with van der Waals surface area (Å²) in [4.78, 5) is 0. The van der Waals surface area contributed by atoms with Crippen molar-refractivity contribution in [2.75, 3.05) is 0 Å². The highest BCUT2D eigenvalue weighted by Gasteiger charge is 2.22. The first-order valence-electron chi connectivity index (χ1n) is 4.63.